The molecule has 4 rings (SSSR count). The van der Waals surface area contributed by atoms with Gasteiger partial charge in [0.15, 0.2) is 0 Å². The highest BCUT2D eigenvalue weighted by Crippen LogP contribution is 2.43. The summed E-state index contributed by atoms with van der Waals surface area (Å²) in [6.45, 7) is 2.91. The summed E-state index contributed by atoms with van der Waals surface area (Å²) >= 11 is 1.71. The van der Waals surface area contributed by atoms with Crippen molar-refractivity contribution >= 4 is 17.2 Å². The topological polar surface area (TPSA) is 63.1 Å². The molecule has 2 aromatic heterocycles. The first kappa shape index (κ1) is 14.8. The molecule has 0 aliphatic carbocycles. The van der Waals surface area contributed by atoms with E-state index in [-0.39, 0.29) is 17.4 Å². The van der Waals surface area contributed by atoms with Crippen molar-refractivity contribution in [1.29, 1.82) is 0 Å². The second-order valence-electron chi connectivity index (χ2n) is 6.61. The van der Waals surface area contributed by atoms with Crippen LogP contribution in [0.2, 0.25) is 0 Å². The number of aromatic nitrogens is 3. The van der Waals surface area contributed by atoms with E-state index in [1.54, 1.807) is 11.3 Å². The normalized spacial score (nSPS) is 24.2. The average molecular weight is 331 g/mol. The summed E-state index contributed by atoms with van der Waals surface area (Å²) in [5.74, 6) is 0.415. The number of carbonyl (C=O) groups is 1. The fourth-order valence-electron chi connectivity index (χ4n) is 3.96. The van der Waals surface area contributed by atoms with Crippen LogP contribution < -0.4 is 5.32 Å². The molecule has 2 aromatic rings. The standard InChI is InChI=1S/C16H21N5OS/c1-20-10-12(9-18-20)13-8-14(22)19-16(13)2-5-21(6-3-16)11-15-17-4-7-23-15/h4,7,9-10,13H,2-3,5-6,8,11H2,1H3,(H,19,22)/t13-/m1/s1. The predicted octanol–water partition coefficient (Wildman–Crippen LogP) is 1.51. The van der Waals surface area contributed by atoms with Gasteiger partial charge in [-0.15, -0.1) is 11.3 Å². The summed E-state index contributed by atoms with van der Waals surface area (Å²) in [5.41, 5.74) is 1.08. The molecule has 4 heterocycles. The Morgan fingerprint density at radius 3 is 2.91 bits per heavy atom. The van der Waals surface area contributed by atoms with Crippen LogP contribution in [-0.2, 0) is 18.4 Å². The van der Waals surface area contributed by atoms with Gasteiger partial charge in [0.25, 0.3) is 0 Å². The van der Waals surface area contributed by atoms with Crippen LogP contribution in [0, 0.1) is 0 Å². The van der Waals surface area contributed by atoms with Gasteiger partial charge in [-0.1, -0.05) is 0 Å². The zero-order valence-corrected chi connectivity index (χ0v) is 14.1. The van der Waals surface area contributed by atoms with E-state index in [4.69, 9.17) is 0 Å². The van der Waals surface area contributed by atoms with Crippen molar-refractivity contribution in [3.63, 3.8) is 0 Å². The molecule has 1 N–H and O–H groups in total. The molecule has 0 radical (unpaired) electrons. The van der Waals surface area contributed by atoms with Crippen LogP contribution >= 0.6 is 11.3 Å². The molecule has 122 valence electrons. The van der Waals surface area contributed by atoms with Gasteiger partial charge in [0.1, 0.15) is 5.01 Å². The molecule has 1 amide bonds. The monoisotopic (exact) mass is 331 g/mol. The Hall–Kier alpha value is -1.73. The number of aryl methyl sites for hydroxylation is 1. The van der Waals surface area contributed by atoms with Gasteiger partial charge in [-0.25, -0.2) is 4.98 Å². The molecule has 6 nitrogen and oxygen atoms in total. The van der Waals surface area contributed by atoms with Crippen molar-refractivity contribution in [3.8, 4) is 0 Å². The highest BCUT2D eigenvalue weighted by atomic mass is 32.1. The van der Waals surface area contributed by atoms with Crippen LogP contribution in [0.1, 0.15) is 35.8 Å². The lowest BCUT2D eigenvalue weighted by molar-refractivity contribution is -0.120. The van der Waals surface area contributed by atoms with Gasteiger partial charge < -0.3 is 5.32 Å². The summed E-state index contributed by atoms with van der Waals surface area (Å²) in [6.07, 6.45) is 8.38. The van der Waals surface area contributed by atoms with Gasteiger partial charge in [-0.05, 0) is 18.4 Å². The van der Waals surface area contributed by atoms with Crippen molar-refractivity contribution in [1.82, 2.24) is 25.0 Å². The fourth-order valence-corrected chi connectivity index (χ4v) is 4.62. The predicted molar refractivity (Wildman–Crippen MR) is 88.1 cm³/mol. The molecule has 0 saturated carbocycles. The van der Waals surface area contributed by atoms with E-state index in [1.807, 2.05) is 29.5 Å². The highest BCUT2D eigenvalue weighted by molar-refractivity contribution is 7.09. The molecule has 0 bridgehead atoms. The summed E-state index contributed by atoms with van der Waals surface area (Å²) in [7, 11) is 1.93. The van der Waals surface area contributed by atoms with Crippen molar-refractivity contribution in [3.05, 3.63) is 34.5 Å². The van der Waals surface area contributed by atoms with Gasteiger partial charge >= 0.3 is 0 Å². The SMILES string of the molecule is Cn1cc([C@H]2CC(=O)NC23CCN(Cc2nccs2)CC3)cn1. The molecule has 0 aromatic carbocycles. The maximum absolute atomic E-state index is 12.1. The van der Waals surface area contributed by atoms with E-state index < -0.39 is 0 Å². The fraction of sp³-hybridized carbons (Fsp3) is 0.562. The summed E-state index contributed by atoms with van der Waals surface area (Å²) in [5, 5.41) is 10.8. The Bertz CT molecular complexity index is 687. The molecule has 2 saturated heterocycles. The van der Waals surface area contributed by atoms with Gasteiger partial charge in [-0.3, -0.25) is 14.4 Å². The quantitative estimate of drug-likeness (QED) is 0.926. The summed E-state index contributed by atoms with van der Waals surface area (Å²) in [4.78, 5) is 18.9. The number of nitrogens with zero attached hydrogens (tertiary/aromatic N) is 4. The van der Waals surface area contributed by atoms with Crippen molar-refractivity contribution in [2.75, 3.05) is 13.1 Å². The summed E-state index contributed by atoms with van der Waals surface area (Å²) < 4.78 is 1.82. The zero-order chi connectivity index (χ0) is 15.9. The first-order chi connectivity index (χ1) is 11.1. The second-order valence-corrected chi connectivity index (χ2v) is 7.59. The third-order valence-corrected chi connectivity index (χ3v) is 5.93. The van der Waals surface area contributed by atoms with Crippen molar-refractivity contribution < 1.29 is 4.79 Å². The third kappa shape index (κ3) is 2.79. The number of likely N-dealkylation sites (tertiary alicyclic amines) is 1. The zero-order valence-electron chi connectivity index (χ0n) is 13.2. The minimum absolute atomic E-state index is 0.0977. The van der Waals surface area contributed by atoms with Gasteiger partial charge in [0, 0.05) is 55.8 Å². The van der Waals surface area contributed by atoms with Crippen LogP contribution in [-0.4, -0.2) is 44.2 Å². The largest absolute Gasteiger partial charge is 0.350 e. The minimum Gasteiger partial charge on any atom is -0.350 e. The lowest BCUT2D eigenvalue weighted by Crippen LogP contribution is -2.53. The molecular formula is C16H21N5OS. The molecule has 0 unspecified atom stereocenters. The Balaban J connectivity index is 1.48. The molecule has 7 heteroatoms. The van der Waals surface area contributed by atoms with E-state index >= 15 is 0 Å². The third-order valence-electron chi connectivity index (χ3n) is 5.16. The lowest BCUT2D eigenvalue weighted by atomic mass is 9.75. The Morgan fingerprint density at radius 2 is 2.26 bits per heavy atom. The number of hydrogen-bond acceptors (Lipinski definition) is 5. The minimum atomic E-state index is -0.0977. The number of thiazole rings is 1. The Kier molecular flexibility index (Phi) is 3.69. The number of hydrogen-bond donors (Lipinski definition) is 1. The van der Waals surface area contributed by atoms with Crippen LogP contribution in [0.15, 0.2) is 24.0 Å². The summed E-state index contributed by atoms with van der Waals surface area (Å²) in [6, 6.07) is 0. The van der Waals surface area contributed by atoms with Crippen LogP contribution in [0.3, 0.4) is 0 Å². The Labute approximate surface area is 139 Å². The first-order valence-corrected chi connectivity index (χ1v) is 8.93. The van der Waals surface area contributed by atoms with Crippen molar-refractivity contribution in [2.24, 2.45) is 7.05 Å². The average Bonchev–Trinajstić information content (AvgIpc) is 3.24. The van der Waals surface area contributed by atoms with Crippen LogP contribution in [0.4, 0.5) is 0 Å². The molecule has 2 aliphatic heterocycles. The number of carbonyl (C=O) groups excluding carboxylic acids is 1. The number of rotatable bonds is 3. The van der Waals surface area contributed by atoms with E-state index in [2.05, 4.69) is 26.5 Å². The molecule has 2 aliphatic rings. The lowest BCUT2D eigenvalue weighted by Gasteiger charge is -2.42. The van der Waals surface area contributed by atoms with Gasteiger partial charge in [0.05, 0.1) is 12.7 Å². The molecule has 2 fully saturated rings. The van der Waals surface area contributed by atoms with E-state index in [0.717, 1.165) is 32.5 Å². The van der Waals surface area contributed by atoms with Crippen LogP contribution in [0.25, 0.3) is 0 Å². The second kappa shape index (κ2) is 5.72. The number of nitrogens with one attached hydrogen (secondary N) is 1. The smallest absolute Gasteiger partial charge is 0.221 e. The maximum atomic E-state index is 12.1. The molecular weight excluding hydrogens is 310 g/mol. The van der Waals surface area contributed by atoms with E-state index in [0.29, 0.717) is 6.42 Å². The first-order valence-electron chi connectivity index (χ1n) is 8.05. The van der Waals surface area contributed by atoms with Crippen LogP contribution in [0.5, 0.6) is 0 Å². The molecule has 23 heavy (non-hydrogen) atoms. The van der Waals surface area contributed by atoms with E-state index in [9.17, 15) is 4.79 Å². The van der Waals surface area contributed by atoms with E-state index in [1.165, 1.54) is 10.6 Å². The highest BCUT2D eigenvalue weighted by Gasteiger charge is 2.49. The number of amides is 1. The molecule has 1 spiro atoms. The van der Waals surface area contributed by atoms with Gasteiger partial charge in [0.2, 0.25) is 5.91 Å². The maximum Gasteiger partial charge on any atom is 0.221 e. The molecule has 1 atom stereocenters. The van der Waals surface area contributed by atoms with Crippen molar-refractivity contribution in [2.45, 2.75) is 37.3 Å². The number of piperidine rings is 1. The van der Waals surface area contributed by atoms with Gasteiger partial charge in [-0.2, -0.15) is 5.10 Å². The Morgan fingerprint density at radius 1 is 1.43 bits per heavy atom.